The lowest BCUT2D eigenvalue weighted by Gasteiger charge is -2.30. The number of hydrogen-bond donors (Lipinski definition) is 1. The molecule has 0 saturated heterocycles. The van der Waals surface area contributed by atoms with Crippen molar-refractivity contribution in [3.8, 4) is 0 Å². The quantitative estimate of drug-likeness (QED) is 0.881. The lowest BCUT2D eigenvalue weighted by molar-refractivity contribution is -0.146. The topological polar surface area (TPSA) is 71.5 Å². The first-order valence-electron chi connectivity index (χ1n) is 7.72. The Morgan fingerprint density at radius 1 is 1.33 bits per heavy atom. The molecule has 3 rings (SSSR count). The number of carbonyl (C=O) groups excluding carboxylic acids is 1. The van der Waals surface area contributed by atoms with Crippen LogP contribution in [0, 0.1) is 11.7 Å². The van der Waals surface area contributed by atoms with Crippen LogP contribution in [0.2, 0.25) is 0 Å². The Balaban J connectivity index is 2.27. The second-order valence-corrected chi connectivity index (χ2v) is 5.59. The number of H-pyrrole nitrogens is 1. The number of rotatable bonds is 3. The van der Waals surface area contributed by atoms with E-state index in [-0.39, 0.29) is 23.3 Å². The maximum atomic E-state index is 14.4. The SMILES string of the molecule is CCOC(=O)C1C(C)=Nc2cc[nH]c(=O)c2C1c1ccccc1F. The predicted molar refractivity (Wildman–Crippen MR) is 88.2 cm³/mol. The van der Waals surface area contributed by atoms with Crippen molar-refractivity contribution in [3.63, 3.8) is 0 Å². The van der Waals surface area contributed by atoms with Gasteiger partial charge in [-0.25, -0.2) is 4.39 Å². The summed E-state index contributed by atoms with van der Waals surface area (Å²) in [4.78, 5) is 31.8. The minimum atomic E-state index is -0.835. The van der Waals surface area contributed by atoms with Crippen molar-refractivity contribution in [2.24, 2.45) is 10.9 Å². The summed E-state index contributed by atoms with van der Waals surface area (Å²) < 4.78 is 19.6. The molecule has 1 N–H and O–H groups in total. The van der Waals surface area contributed by atoms with Crippen molar-refractivity contribution in [2.45, 2.75) is 19.8 Å². The van der Waals surface area contributed by atoms with Crippen LogP contribution < -0.4 is 5.56 Å². The molecule has 2 heterocycles. The summed E-state index contributed by atoms with van der Waals surface area (Å²) in [6, 6.07) is 7.79. The van der Waals surface area contributed by atoms with E-state index in [0.717, 1.165) is 0 Å². The molecular formula is C18H17FN2O3. The second-order valence-electron chi connectivity index (χ2n) is 5.59. The maximum Gasteiger partial charge on any atom is 0.315 e. The van der Waals surface area contributed by atoms with E-state index in [4.69, 9.17) is 4.74 Å². The van der Waals surface area contributed by atoms with Gasteiger partial charge < -0.3 is 9.72 Å². The first-order chi connectivity index (χ1) is 11.5. The molecule has 0 bridgehead atoms. The van der Waals surface area contributed by atoms with Gasteiger partial charge in [-0.15, -0.1) is 0 Å². The summed E-state index contributed by atoms with van der Waals surface area (Å²) >= 11 is 0. The maximum absolute atomic E-state index is 14.4. The van der Waals surface area contributed by atoms with E-state index in [1.165, 1.54) is 12.3 Å². The summed E-state index contributed by atoms with van der Waals surface area (Å²) in [6.45, 7) is 3.59. The number of halogens is 1. The average molecular weight is 328 g/mol. The molecule has 24 heavy (non-hydrogen) atoms. The predicted octanol–water partition coefficient (Wildman–Crippen LogP) is 2.93. The Kier molecular flexibility index (Phi) is 4.29. The zero-order valence-corrected chi connectivity index (χ0v) is 13.4. The fourth-order valence-corrected chi connectivity index (χ4v) is 3.15. The molecule has 1 aromatic heterocycles. The van der Waals surface area contributed by atoms with Gasteiger partial charge in [0.05, 0.1) is 17.9 Å². The molecule has 0 aliphatic carbocycles. The van der Waals surface area contributed by atoms with Crippen molar-refractivity contribution in [1.82, 2.24) is 4.98 Å². The number of ether oxygens (including phenoxy) is 1. The zero-order valence-electron chi connectivity index (χ0n) is 13.4. The van der Waals surface area contributed by atoms with Crippen molar-refractivity contribution < 1.29 is 13.9 Å². The Morgan fingerprint density at radius 2 is 2.08 bits per heavy atom. The van der Waals surface area contributed by atoms with Crippen LogP contribution >= 0.6 is 0 Å². The molecule has 1 aliphatic heterocycles. The normalized spacial score (nSPS) is 19.4. The first kappa shape index (κ1) is 16.1. The van der Waals surface area contributed by atoms with Crippen molar-refractivity contribution in [1.29, 1.82) is 0 Å². The highest BCUT2D eigenvalue weighted by atomic mass is 19.1. The largest absolute Gasteiger partial charge is 0.465 e. The molecule has 6 heteroatoms. The van der Waals surface area contributed by atoms with Crippen LogP contribution in [-0.4, -0.2) is 23.3 Å². The van der Waals surface area contributed by atoms with Crippen molar-refractivity contribution >= 4 is 17.4 Å². The smallest absolute Gasteiger partial charge is 0.315 e. The Morgan fingerprint density at radius 3 is 2.79 bits per heavy atom. The average Bonchev–Trinajstić information content (AvgIpc) is 2.54. The van der Waals surface area contributed by atoms with Gasteiger partial charge in [0.1, 0.15) is 11.7 Å². The second kappa shape index (κ2) is 6.39. The van der Waals surface area contributed by atoms with Gasteiger partial charge in [0.2, 0.25) is 0 Å². The number of aromatic nitrogens is 1. The number of carbonyl (C=O) groups is 1. The number of fused-ring (bicyclic) bond motifs is 1. The van der Waals surface area contributed by atoms with Crippen LogP contribution in [0.1, 0.15) is 30.9 Å². The Hall–Kier alpha value is -2.76. The summed E-state index contributed by atoms with van der Waals surface area (Å²) in [5.74, 6) is -2.60. The highest BCUT2D eigenvalue weighted by Gasteiger charge is 2.41. The fraction of sp³-hybridized carbons (Fsp3) is 0.278. The van der Waals surface area contributed by atoms with Crippen LogP contribution in [0.4, 0.5) is 10.1 Å². The van der Waals surface area contributed by atoms with Gasteiger partial charge >= 0.3 is 5.97 Å². The molecule has 0 fully saturated rings. The third-order valence-electron chi connectivity index (χ3n) is 4.15. The third-order valence-corrected chi connectivity index (χ3v) is 4.15. The number of nitrogens with zero attached hydrogens (tertiary/aromatic N) is 1. The number of hydrogen-bond acceptors (Lipinski definition) is 4. The first-order valence-corrected chi connectivity index (χ1v) is 7.72. The lowest BCUT2D eigenvalue weighted by atomic mass is 9.76. The minimum Gasteiger partial charge on any atom is -0.465 e. The van der Waals surface area contributed by atoms with Crippen LogP contribution in [-0.2, 0) is 9.53 Å². The lowest BCUT2D eigenvalue weighted by Crippen LogP contribution is -2.36. The molecule has 2 atom stereocenters. The van der Waals surface area contributed by atoms with Crippen LogP contribution in [0.3, 0.4) is 0 Å². The van der Waals surface area contributed by atoms with Gasteiger partial charge in [-0.3, -0.25) is 14.6 Å². The summed E-state index contributed by atoms with van der Waals surface area (Å²) in [5.41, 5.74) is 1.13. The number of aliphatic imine (C=N–C) groups is 1. The number of esters is 1. The van der Waals surface area contributed by atoms with Crippen molar-refractivity contribution in [2.75, 3.05) is 6.61 Å². The van der Waals surface area contributed by atoms with Crippen LogP contribution in [0.15, 0.2) is 46.3 Å². The van der Waals surface area contributed by atoms with E-state index < -0.39 is 23.6 Å². The molecule has 1 aliphatic rings. The molecule has 0 amide bonds. The molecular weight excluding hydrogens is 311 g/mol. The van der Waals surface area contributed by atoms with E-state index in [1.54, 1.807) is 38.1 Å². The van der Waals surface area contributed by atoms with Gasteiger partial charge in [-0.05, 0) is 31.5 Å². The Bertz CT molecular complexity index is 873. The standard InChI is InChI=1S/C18H17FN2O3/c1-3-24-18(23)14-10(2)21-13-8-9-20-17(22)16(13)15(14)11-6-4-5-7-12(11)19/h4-9,14-15H,3H2,1-2H3,(H,20,22). The summed E-state index contributed by atoms with van der Waals surface area (Å²) in [6.07, 6.45) is 1.49. The number of aromatic amines is 1. The Labute approximate surface area is 138 Å². The van der Waals surface area contributed by atoms with E-state index >= 15 is 0 Å². The van der Waals surface area contributed by atoms with Crippen molar-refractivity contribution in [3.05, 3.63) is 63.8 Å². The molecule has 2 aromatic rings. The molecule has 0 radical (unpaired) electrons. The van der Waals surface area contributed by atoms with Crippen LogP contribution in [0.5, 0.6) is 0 Å². The van der Waals surface area contributed by atoms with Gasteiger partial charge in [-0.1, -0.05) is 18.2 Å². The molecule has 0 saturated carbocycles. The third kappa shape index (κ3) is 2.64. The highest BCUT2D eigenvalue weighted by molar-refractivity contribution is 6.05. The van der Waals surface area contributed by atoms with Gasteiger partial charge in [-0.2, -0.15) is 0 Å². The van der Waals surface area contributed by atoms with E-state index in [0.29, 0.717) is 11.4 Å². The molecule has 1 aromatic carbocycles. The molecule has 124 valence electrons. The zero-order chi connectivity index (χ0) is 17.3. The monoisotopic (exact) mass is 328 g/mol. The van der Waals surface area contributed by atoms with E-state index in [9.17, 15) is 14.0 Å². The van der Waals surface area contributed by atoms with E-state index in [1.807, 2.05) is 0 Å². The molecule has 0 spiro atoms. The summed E-state index contributed by atoms with van der Waals surface area (Å²) in [7, 11) is 0. The molecule has 2 unspecified atom stereocenters. The number of pyridine rings is 1. The highest BCUT2D eigenvalue weighted by Crippen LogP contribution is 2.41. The summed E-state index contributed by atoms with van der Waals surface area (Å²) in [5, 5.41) is 0. The van der Waals surface area contributed by atoms with Gasteiger partial charge in [0.15, 0.2) is 0 Å². The van der Waals surface area contributed by atoms with Crippen LogP contribution in [0.25, 0.3) is 0 Å². The molecule has 5 nitrogen and oxygen atoms in total. The van der Waals surface area contributed by atoms with E-state index in [2.05, 4.69) is 9.98 Å². The number of benzene rings is 1. The van der Waals surface area contributed by atoms with Gasteiger partial charge in [0.25, 0.3) is 5.56 Å². The fourth-order valence-electron chi connectivity index (χ4n) is 3.15. The minimum absolute atomic E-state index is 0.199. The number of nitrogens with one attached hydrogen (secondary N) is 1. The van der Waals surface area contributed by atoms with Gasteiger partial charge in [0, 0.05) is 17.8 Å².